The summed E-state index contributed by atoms with van der Waals surface area (Å²) in [6, 6.07) is 8.69. The summed E-state index contributed by atoms with van der Waals surface area (Å²) in [6.07, 6.45) is 3.11. The Morgan fingerprint density at radius 2 is 1.62 bits per heavy atom. The van der Waals surface area contributed by atoms with Crippen molar-refractivity contribution >= 4 is 58.0 Å². The molecule has 5 N–H and O–H groups in total. The van der Waals surface area contributed by atoms with Gasteiger partial charge in [-0.3, -0.25) is 28.8 Å². The first kappa shape index (κ1) is 40.8. The number of para-hydroxylation sites is 1. The maximum Gasteiger partial charge on any atom is 0.305 e. The number of carbonyl (C=O) groups is 6. The van der Waals surface area contributed by atoms with Crippen molar-refractivity contribution in [2.75, 3.05) is 19.5 Å². The lowest BCUT2D eigenvalue weighted by atomic mass is 9.97. The highest BCUT2D eigenvalue weighted by Crippen LogP contribution is 2.22. The normalized spacial score (nSPS) is 16.2. The number of likely N-dealkylation sites (tertiary alicyclic amines) is 1. The van der Waals surface area contributed by atoms with E-state index in [2.05, 4.69) is 26.3 Å². The number of hydrogen-bond donors (Lipinski definition) is 5. The maximum atomic E-state index is 14.2. The van der Waals surface area contributed by atoms with E-state index in [1.54, 1.807) is 27.0 Å². The first-order valence-electron chi connectivity index (χ1n) is 17.6. The van der Waals surface area contributed by atoms with Gasteiger partial charge in [0, 0.05) is 48.4 Å². The predicted octanol–water partition coefficient (Wildman–Crippen LogP) is 3.03. The van der Waals surface area contributed by atoms with E-state index in [0.29, 0.717) is 18.4 Å². The fourth-order valence-electron chi connectivity index (χ4n) is 6.31. The molecule has 286 valence electrons. The van der Waals surface area contributed by atoms with Crippen molar-refractivity contribution in [3.05, 3.63) is 71.7 Å². The molecule has 5 amide bonds. The molecular weight excluding hydrogens is 707 g/mol. The number of carbonyl (C=O) groups excluding carboxylic acids is 6. The van der Waals surface area contributed by atoms with Crippen molar-refractivity contribution in [1.29, 1.82) is 0 Å². The number of H-pyrrole nitrogens is 1. The molecule has 0 aliphatic carbocycles. The predicted molar refractivity (Wildman–Crippen MR) is 197 cm³/mol. The van der Waals surface area contributed by atoms with Gasteiger partial charge < -0.3 is 35.9 Å². The molecule has 1 aromatic heterocycles. The number of piperidine rings is 1. The van der Waals surface area contributed by atoms with Crippen molar-refractivity contribution in [3.63, 3.8) is 0 Å². The van der Waals surface area contributed by atoms with Crippen molar-refractivity contribution in [2.45, 2.75) is 95.4 Å². The SMILES string of the molecule is COC(=O)CC[C@H](NC(=O)CCl)C(=O)N1CCCC[C@H]1C(=O)N[C@@H](Cc1c[nH]c2ccccc12)C(=O)N[C@@H](Cc1ccc(F)cc1)C(=O)NC(C)(C)C. The molecule has 0 unspecified atom stereocenters. The highest BCUT2D eigenvalue weighted by molar-refractivity contribution is 6.27. The van der Waals surface area contributed by atoms with E-state index < -0.39 is 76.9 Å². The summed E-state index contributed by atoms with van der Waals surface area (Å²) in [6.45, 7) is 5.62. The summed E-state index contributed by atoms with van der Waals surface area (Å²) in [5.74, 6) is -4.31. The van der Waals surface area contributed by atoms with E-state index in [1.165, 1.54) is 36.3 Å². The van der Waals surface area contributed by atoms with E-state index in [9.17, 15) is 33.2 Å². The van der Waals surface area contributed by atoms with Gasteiger partial charge in [-0.2, -0.15) is 0 Å². The number of nitrogens with one attached hydrogen (secondary N) is 5. The number of aromatic nitrogens is 1. The first-order valence-corrected chi connectivity index (χ1v) is 18.2. The molecule has 13 nitrogen and oxygen atoms in total. The van der Waals surface area contributed by atoms with Gasteiger partial charge in [-0.05, 0) is 75.8 Å². The van der Waals surface area contributed by atoms with Crippen LogP contribution in [-0.2, 0) is 46.3 Å². The third-order valence-electron chi connectivity index (χ3n) is 8.92. The van der Waals surface area contributed by atoms with E-state index in [0.717, 1.165) is 16.5 Å². The fourth-order valence-corrected chi connectivity index (χ4v) is 6.39. The van der Waals surface area contributed by atoms with Gasteiger partial charge in [-0.1, -0.05) is 30.3 Å². The molecule has 0 spiro atoms. The second-order valence-electron chi connectivity index (χ2n) is 14.2. The number of hydrogen-bond acceptors (Lipinski definition) is 7. The van der Waals surface area contributed by atoms with Gasteiger partial charge in [0.1, 0.15) is 35.9 Å². The van der Waals surface area contributed by atoms with Crippen LogP contribution in [0.2, 0.25) is 0 Å². The minimum absolute atomic E-state index is 0.0416. The molecule has 53 heavy (non-hydrogen) atoms. The standard InChI is InChI=1S/C38H48ClFN6O7/c1-38(2,3)45-35(50)29(19-23-12-14-25(40)15-13-23)43-34(49)30(20-24-22-41-27-10-6-5-9-26(24)27)44-36(51)31-11-7-8-18-46(31)37(52)28(42-32(47)21-39)16-17-33(48)53-4/h5-6,9-10,12-15,22,28-31,41H,7-8,11,16-21H2,1-4H3,(H,42,47)(H,43,49)(H,44,51)(H,45,50)/t28-,29-,30-,31-/m0/s1. The number of methoxy groups -OCH3 is 1. The highest BCUT2D eigenvalue weighted by Gasteiger charge is 2.38. The van der Waals surface area contributed by atoms with Crippen molar-refractivity contribution < 1.29 is 37.9 Å². The average Bonchev–Trinajstić information content (AvgIpc) is 3.54. The number of amides is 5. The summed E-state index contributed by atoms with van der Waals surface area (Å²) >= 11 is 5.70. The molecule has 1 aliphatic rings. The Balaban J connectivity index is 1.63. The van der Waals surface area contributed by atoms with Crippen LogP contribution in [0.3, 0.4) is 0 Å². The molecule has 1 aliphatic heterocycles. The Bertz CT molecular complexity index is 1780. The number of ether oxygens (including phenoxy) is 1. The molecule has 2 aromatic carbocycles. The van der Waals surface area contributed by atoms with Crippen molar-refractivity contribution in [3.8, 4) is 0 Å². The van der Waals surface area contributed by atoms with Gasteiger partial charge in [0.25, 0.3) is 0 Å². The molecule has 4 rings (SSSR count). The number of halogens is 2. The Morgan fingerprint density at radius 3 is 2.30 bits per heavy atom. The van der Waals surface area contributed by atoms with Crippen LogP contribution in [0.1, 0.15) is 64.0 Å². The molecule has 1 fully saturated rings. The second kappa shape index (κ2) is 18.7. The van der Waals surface area contributed by atoms with E-state index >= 15 is 0 Å². The van der Waals surface area contributed by atoms with Gasteiger partial charge >= 0.3 is 5.97 Å². The number of rotatable bonds is 15. The van der Waals surface area contributed by atoms with Crippen LogP contribution in [0, 0.1) is 5.82 Å². The monoisotopic (exact) mass is 754 g/mol. The third-order valence-corrected chi connectivity index (χ3v) is 9.17. The van der Waals surface area contributed by atoms with Gasteiger partial charge in [0.15, 0.2) is 0 Å². The first-order chi connectivity index (χ1) is 25.2. The van der Waals surface area contributed by atoms with Crippen LogP contribution in [0.15, 0.2) is 54.7 Å². The molecule has 3 aromatic rings. The Morgan fingerprint density at radius 1 is 0.925 bits per heavy atom. The van der Waals surface area contributed by atoms with E-state index in [4.69, 9.17) is 16.3 Å². The summed E-state index contributed by atoms with van der Waals surface area (Å²) in [7, 11) is 1.21. The molecular formula is C38H48ClFN6O7. The number of esters is 1. The van der Waals surface area contributed by atoms with E-state index in [1.807, 2.05) is 24.3 Å². The van der Waals surface area contributed by atoms with Crippen LogP contribution in [-0.4, -0.2) is 94.6 Å². The topological polar surface area (TPSA) is 179 Å². The Kier molecular flexibility index (Phi) is 14.4. The minimum atomic E-state index is -1.19. The van der Waals surface area contributed by atoms with Crippen LogP contribution < -0.4 is 21.3 Å². The number of benzene rings is 2. The lowest BCUT2D eigenvalue weighted by Crippen LogP contribution is -2.61. The zero-order chi connectivity index (χ0) is 38.7. The smallest absolute Gasteiger partial charge is 0.305 e. The summed E-state index contributed by atoms with van der Waals surface area (Å²) in [4.78, 5) is 84.6. The zero-order valence-corrected chi connectivity index (χ0v) is 31.2. The quantitative estimate of drug-likeness (QED) is 0.117. The number of alkyl halides is 1. The molecule has 2 heterocycles. The van der Waals surface area contributed by atoms with Gasteiger partial charge in [0.2, 0.25) is 29.5 Å². The van der Waals surface area contributed by atoms with Crippen LogP contribution in [0.4, 0.5) is 4.39 Å². The fraction of sp³-hybridized carbons (Fsp3) is 0.474. The van der Waals surface area contributed by atoms with Crippen molar-refractivity contribution in [1.82, 2.24) is 31.2 Å². The summed E-state index contributed by atoms with van der Waals surface area (Å²) in [5.41, 5.74) is 1.54. The molecule has 0 radical (unpaired) electrons. The number of aromatic amines is 1. The largest absolute Gasteiger partial charge is 0.469 e. The molecule has 1 saturated heterocycles. The third kappa shape index (κ3) is 11.8. The Hall–Kier alpha value is -4.98. The molecule has 0 saturated carbocycles. The molecule has 0 bridgehead atoms. The molecule has 4 atom stereocenters. The molecule has 15 heteroatoms. The lowest BCUT2D eigenvalue weighted by molar-refractivity contribution is -0.146. The van der Waals surface area contributed by atoms with Crippen LogP contribution in [0.5, 0.6) is 0 Å². The lowest BCUT2D eigenvalue weighted by Gasteiger charge is -2.37. The zero-order valence-electron chi connectivity index (χ0n) is 30.4. The van der Waals surface area contributed by atoms with Gasteiger partial charge in [-0.15, -0.1) is 11.6 Å². The number of nitrogens with zero attached hydrogens (tertiary/aromatic N) is 1. The van der Waals surface area contributed by atoms with Crippen LogP contribution in [0.25, 0.3) is 10.9 Å². The Labute approximate surface area is 313 Å². The van der Waals surface area contributed by atoms with E-state index in [-0.39, 0.29) is 38.6 Å². The number of fused-ring (bicyclic) bond motifs is 1. The second-order valence-corrected chi connectivity index (χ2v) is 14.4. The maximum absolute atomic E-state index is 14.2. The summed E-state index contributed by atoms with van der Waals surface area (Å²) < 4.78 is 18.4. The van der Waals surface area contributed by atoms with Gasteiger partial charge in [-0.25, -0.2) is 4.39 Å². The average molecular weight is 755 g/mol. The summed E-state index contributed by atoms with van der Waals surface area (Å²) in [5, 5.41) is 12.0. The van der Waals surface area contributed by atoms with Crippen molar-refractivity contribution in [2.24, 2.45) is 0 Å². The minimum Gasteiger partial charge on any atom is -0.469 e. The van der Waals surface area contributed by atoms with Gasteiger partial charge in [0.05, 0.1) is 7.11 Å². The van der Waals surface area contributed by atoms with Crippen LogP contribution >= 0.6 is 11.6 Å². The highest BCUT2D eigenvalue weighted by atomic mass is 35.5.